The molecule has 1 aliphatic carbocycles. The molecule has 2 bridgehead atoms. The van der Waals surface area contributed by atoms with Crippen molar-refractivity contribution in [2.75, 3.05) is 18.6 Å². The Hall–Kier alpha value is -1.16. The first kappa shape index (κ1) is 9.09. The number of anilines is 1. The molecule has 0 radical (unpaired) electrons. The highest BCUT2D eigenvalue weighted by molar-refractivity contribution is 5.35. The number of rotatable bonds is 2. The Morgan fingerprint density at radius 3 is 2.73 bits per heavy atom. The zero-order valence-corrected chi connectivity index (χ0v) is 8.84. The molecule has 3 atom stereocenters. The summed E-state index contributed by atoms with van der Waals surface area (Å²) in [6.45, 7) is 1.05. The molecule has 1 saturated heterocycles. The molecular formula is C11H15N3O. The van der Waals surface area contributed by atoms with Crippen LogP contribution in [0.5, 0.6) is 0 Å². The molecule has 0 N–H and O–H groups in total. The van der Waals surface area contributed by atoms with Gasteiger partial charge in [0.15, 0.2) is 0 Å². The van der Waals surface area contributed by atoms with Gasteiger partial charge in [-0.2, -0.15) is 0 Å². The van der Waals surface area contributed by atoms with E-state index in [-0.39, 0.29) is 0 Å². The van der Waals surface area contributed by atoms with Crippen LogP contribution in [-0.4, -0.2) is 35.8 Å². The van der Waals surface area contributed by atoms with Gasteiger partial charge in [0.2, 0.25) is 5.95 Å². The number of hydrogen-bond donors (Lipinski definition) is 0. The molecule has 80 valence electrons. The van der Waals surface area contributed by atoms with Gasteiger partial charge >= 0.3 is 0 Å². The number of aromatic nitrogens is 2. The van der Waals surface area contributed by atoms with Crippen molar-refractivity contribution in [2.45, 2.75) is 25.0 Å². The second-order valence-corrected chi connectivity index (χ2v) is 4.36. The van der Waals surface area contributed by atoms with E-state index in [2.05, 4.69) is 14.9 Å². The van der Waals surface area contributed by atoms with Crippen LogP contribution >= 0.6 is 0 Å². The SMILES string of the molecule is COC1CC2CC1CN2c1ncccn1. The summed E-state index contributed by atoms with van der Waals surface area (Å²) in [4.78, 5) is 10.9. The van der Waals surface area contributed by atoms with E-state index in [0.29, 0.717) is 18.1 Å². The van der Waals surface area contributed by atoms with Gasteiger partial charge in [0, 0.05) is 38.0 Å². The quantitative estimate of drug-likeness (QED) is 0.724. The summed E-state index contributed by atoms with van der Waals surface area (Å²) in [5.74, 6) is 1.54. The number of fused-ring (bicyclic) bond motifs is 2. The monoisotopic (exact) mass is 205 g/mol. The minimum absolute atomic E-state index is 0.454. The highest BCUT2D eigenvalue weighted by atomic mass is 16.5. The molecule has 4 nitrogen and oxygen atoms in total. The minimum atomic E-state index is 0.454. The number of ether oxygens (including phenoxy) is 1. The third-order valence-electron chi connectivity index (χ3n) is 3.59. The number of nitrogens with zero attached hydrogens (tertiary/aromatic N) is 3. The van der Waals surface area contributed by atoms with Crippen molar-refractivity contribution in [3.05, 3.63) is 18.5 Å². The fourth-order valence-electron chi connectivity index (χ4n) is 2.88. The van der Waals surface area contributed by atoms with E-state index in [1.54, 1.807) is 0 Å². The lowest BCUT2D eigenvalue weighted by molar-refractivity contribution is 0.0668. The molecule has 15 heavy (non-hydrogen) atoms. The van der Waals surface area contributed by atoms with Crippen LogP contribution in [0.3, 0.4) is 0 Å². The third kappa shape index (κ3) is 1.40. The highest BCUT2D eigenvalue weighted by Crippen LogP contribution is 2.40. The fraction of sp³-hybridized carbons (Fsp3) is 0.636. The van der Waals surface area contributed by atoms with Crippen LogP contribution in [-0.2, 0) is 4.74 Å². The lowest BCUT2D eigenvalue weighted by Gasteiger charge is -2.30. The first-order valence-electron chi connectivity index (χ1n) is 5.45. The van der Waals surface area contributed by atoms with E-state index in [1.165, 1.54) is 6.42 Å². The second-order valence-electron chi connectivity index (χ2n) is 4.36. The van der Waals surface area contributed by atoms with E-state index >= 15 is 0 Å². The van der Waals surface area contributed by atoms with Crippen molar-refractivity contribution in [1.82, 2.24) is 9.97 Å². The predicted octanol–water partition coefficient (Wildman–Crippen LogP) is 1.09. The van der Waals surface area contributed by atoms with Gasteiger partial charge in [-0.25, -0.2) is 9.97 Å². The largest absolute Gasteiger partial charge is 0.381 e. The summed E-state index contributed by atoms with van der Waals surface area (Å²) in [5.41, 5.74) is 0. The summed E-state index contributed by atoms with van der Waals surface area (Å²) >= 11 is 0. The summed E-state index contributed by atoms with van der Waals surface area (Å²) in [6, 6.07) is 2.44. The summed E-state index contributed by atoms with van der Waals surface area (Å²) in [6.07, 6.45) is 6.43. The van der Waals surface area contributed by atoms with Crippen LogP contribution in [0.1, 0.15) is 12.8 Å². The maximum absolute atomic E-state index is 5.46. The number of hydrogen-bond acceptors (Lipinski definition) is 4. The van der Waals surface area contributed by atoms with Crippen LogP contribution in [0.15, 0.2) is 18.5 Å². The Morgan fingerprint density at radius 1 is 1.33 bits per heavy atom. The molecule has 2 aliphatic rings. The van der Waals surface area contributed by atoms with Crippen molar-refractivity contribution < 1.29 is 4.74 Å². The standard InChI is InChI=1S/C11H15N3O/c1-15-10-6-9-5-8(10)7-14(9)11-12-3-2-4-13-11/h2-4,8-10H,5-7H2,1H3. The maximum atomic E-state index is 5.46. The lowest BCUT2D eigenvalue weighted by atomic mass is 10.1. The number of piperidine rings is 1. The molecular weight excluding hydrogens is 190 g/mol. The van der Waals surface area contributed by atoms with Crippen molar-refractivity contribution in [3.63, 3.8) is 0 Å². The van der Waals surface area contributed by atoms with Crippen molar-refractivity contribution in [3.8, 4) is 0 Å². The summed E-state index contributed by atoms with van der Waals surface area (Å²) < 4.78 is 5.46. The Bertz CT molecular complexity index is 343. The molecule has 0 spiro atoms. The van der Waals surface area contributed by atoms with Gasteiger partial charge in [0.1, 0.15) is 0 Å². The van der Waals surface area contributed by atoms with Crippen LogP contribution < -0.4 is 4.90 Å². The molecule has 1 aliphatic heterocycles. The maximum Gasteiger partial charge on any atom is 0.225 e. The topological polar surface area (TPSA) is 38.2 Å². The molecule has 3 rings (SSSR count). The lowest BCUT2D eigenvalue weighted by Crippen LogP contribution is -2.39. The molecule has 2 heterocycles. The molecule has 1 saturated carbocycles. The van der Waals surface area contributed by atoms with E-state index < -0.39 is 0 Å². The fourth-order valence-corrected chi connectivity index (χ4v) is 2.88. The van der Waals surface area contributed by atoms with Crippen molar-refractivity contribution in [1.29, 1.82) is 0 Å². The Labute approximate surface area is 89.3 Å². The predicted molar refractivity (Wildman–Crippen MR) is 56.7 cm³/mol. The van der Waals surface area contributed by atoms with Gasteiger partial charge in [-0.1, -0.05) is 0 Å². The van der Waals surface area contributed by atoms with Crippen LogP contribution in [0.2, 0.25) is 0 Å². The van der Waals surface area contributed by atoms with Gasteiger partial charge in [-0.15, -0.1) is 0 Å². The van der Waals surface area contributed by atoms with Crippen LogP contribution in [0.4, 0.5) is 5.95 Å². The Balaban J connectivity index is 1.78. The van der Waals surface area contributed by atoms with Gasteiger partial charge in [0.05, 0.1) is 6.10 Å². The van der Waals surface area contributed by atoms with E-state index in [1.807, 2.05) is 25.6 Å². The third-order valence-corrected chi connectivity index (χ3v) is 3.59. The molecule has 0 amide bonds. The Morgan fingerprint density at radius 2 is 2.13 bits per heavy atom. The molecule has 2 fully saturated rings. The number of methoxy groups -OCH3 is 1. The van der Waals surface area contributed by atoms with Gasteiger partial charge in [0.25, 0.3) is 0 Å². The zero-order valence-electron chi connectivity index (χ0n) is 8.84. The molecule has 4 heteroatoms. The van der Waals surface area contributed by atoms with Gasteiger partial charge in [-0.3, -0.25) is 0 Å². The molecule has 1 aromatic rings. The average molecular weight is 205 g/mol. The first-order chi connectivity index (χ1) is 7.38. The molecule has 1 aromatic heterocycles. The second kappa shape index (κ2) is 3.45. The normalized spacial score (nSPS) is 33.7. The Kier molecular flexibility index (Phi) is 2.09. The smallest absolute Gasteiger partial charge is 0.225 e. The molecule has 3 unspecified atom stereocenters. The van der Waals surface area contributed by atoms with E-state index in [4.69, 9.17) is 4.74 Å². The van der Waals surface area contributed by atoms with E-state index in [0.717, 1.165) is 18.9 Å². The highest BCUT2D eigenvalue weighted by Gasteiger charge is 2.45. The average Bonchev–Trinajstić information content (AvgIpc) is 2.89. The molecule has 0 aromatic carbocycles. The van der Waals surface area contributed by atoms with Crippen molar-refractivity contribution in [2.24, 2.45) is 5.92 Å². The first-order valence-corrected chi connectivity index (χ1v) is 5.45. The minimum Gasteiger partial charge on any atom is -0.381 e. The van der Waals surface area contributed by atoms with Gasteiger partial charge < -0.3 is 9.64 Å². The van der Waals surface area contributed by atoms with Crippen LogP contribution in [0, 0.1) is 5.92 Å². The van der Waals surface area contributed by atoms with Crippen LogP contribution in [0.25, 0.3) is 0 Å². The van der Waals surface area contributed by atoms with Gasteiger partial charge in [-0.05, 0) is 18.9 Å². The van der Waals surface area contributed by atoms with Crippen molar-refractivity contribution >= 4 is 5.95 Å². The van der Waals surface area contributed by atoms with E-state index in [9.17, 15) is 0 Å². The summed E-state index contributed by atoms with van der Waals surface area (Å²) in [7, 11) is 1.81. The zero-order chi connectivity index (χ0) is 10.3. The summed E-state index contributed by atoms with van der Waals surface area (Å²) in [5, 5.41) is 0.